The molecule has 1 saturated heterocycles. The monoisotopic (exact) mass is 299 g/mol. The van der Waals surface area contributed by atoms with Crippen LogP contribution in [0.3, 0.4) is 0 Å². The van der Waals surface area contributed by atoms with Crippen molar-refractivity contribution in [1.29, 1.82) is 0 Å². The zero-order chi connectivity index (χ0) is 15.5. The summed E-state index contributed by atoms with van der Waals surface area (Å²) >= 11 is 0. The summed E-state index contributed by atoms with van der Waals surface area (Å²) in [5.74, 6) is -1.85. The molecule has 5 heteroatoms. The van der Waals surface area contributed by atoms with Crippen LogP contribution in [0.15, 0.2) is 12.1 Å². The van der Waals surface area contributed by atoms with Gasteiger partial charge in [0.05, 0.1) is 7.11 Å². The lowest BCUT2D eigenvalue weighted by Gasteiger charge is -2.41. The summed E-state index contributed by atoms with van der Waals surface area (Å²) in [6.45, 7) is 4.11. The molecule has 2 rings (SSSR count). The standard InChI is InChI=1S/C16H23F2NO2/c1-3-16(11-20)7-4-8-19(10-16)9-12-5-6-13(21-2)15(18)14(12)17/h5-6,20H,3-4,7-11H2,1-2H3/t16-/m0/s1. The van der Waals surface area contributed by atoms with Gasteiger partial charge in [-0.25, -0.2) is 4.39 Å². The van der Waals surface area contributed by atoms with Crippen LogP contribution >= 0.6 is 0 Å². The summed E-state index contributed by atoms with van der Waals surface area (Å²) in [7, 11) is 1.32. The van der Waals surface area contributed by atoms with Crippen molar-refractivity contribution >= 4 is 0 Å². The van der Waals surface area contributed by atoms with Gasteiger partial charge in [0, 0.05) is 30.7 Å². The van der Waals surface area contributed by atoms with Crippen LogP contribution in [0, 0.1) is 17.0 Å². The first-order chi connectivity index (χ1) is 10.0. The number of piperidine rings is 1. The number of likely N-dealkylation sites (tertiary alicyclic amines) is 1. The van der Waals surface area contributed by atoms with Gasteiger partial charge in [-0.3, -0.25) is 4.90 Å². The number of nitrogens with zero attached hydrogens (tertiary/aromatic N) is 1. The fourth-order valence-corrected chi connectivity index (χ4v) is 3.07. The molecule has 3 nitrogen and oxygen atoms in total. The fourth-order valence-electron chi connectivity index (χ4n) is 3.07. The Morgan fingerprint density at radius 1 is 1.33 bits per heavy atom. The number of hydrogen-bond donors (Lipinski definition) is 1. The molecule has 0 aromatic heterocycles. The summed E-state index contributed by atoms with van der Waals surface area (Å²) in [6.07, 6.45) is 2.84. The number of ether oxygens (including phenoxy) is 1. The van der Waals surface area contributed by atoms with Gasteiger partial charge >= 0.3 is 0 Å². The minimum atomic E-state index is -0.934. The summed E-state index contributed by atoms with van der Waals surface area (Å²) in [4.78, 5) is 2.09. The van der Waals surface area contributed by atoms with E-state index < -0.39 is 11.6 Å². The highest BCUT2D eigenvalue weighted by Crippen LogP contribution is 2.34. The zero-order valence-corrected chi connectivity index (χ0v) is 12.7. The van der Waals surface area contributed by atoms with Crippen molar-refractivity contribution in [2.75, 3.05) is 26.8 Å². The lowest BCUT2D eigenvalue weighted by Crippen LogP contribution is -2.44. The van der Waals surface area contributed by atoms with Crippen LogP contribution in [-0.4, -0.2) is 36.8 Å². The van der Waals surface area contributed by atoms with E-state index in [1.807, 2.05) is 0 Å². The molecule has 0 saturated carbocycles. The molecular weight excluding hydrogens is 276 g/mol. The molecule has 21 heavy (non-hydrogen) atoms. The van der Waals surface area contributed by atoms with E-state index in [2.05, 4.69) is 11.8 Å². The van der Waals surface area contributed by atoms with Crippen molar-refractivity contribution in [2.45, 2.75) is 32.7 Å². The molecule has 0 radical (unpaired) electrons. The Balaban J connectivity index is 2.13. The van der Waals surface area contributed by atoms with Gasteiger partial charge in [0.15, 0.2) is 11.6 Å². The molecule has 1 N–H and O–H groups in total. The summed E-state index contributed by atoms with van der Waals surface area (Å²) in [6, 6.07) is 3.02. The number of aliphatic hydroxyl groups excluding tert-OH is 1. The topological polar surface area (TPSA) is 32.7 Å². The third-order valence-corrected chi connectivity index (χ3v) is 4.57. The molecule has 0 aliphatic carbocycles. The average molecular weight is 299 g/mol. The average Bonchev–Trinajstić information content (AvgIpc) is 2.52. The van der Waals surface area contributed by atoms with Crippen molar-refractivity contribution in [3.8, 4) is 5.75 Å². The molecule has 1 aromatic carbocycles. The minimum absolute atomic E-state index is 0.0758. The maximum atomic E-state index is 14.0. The van der Waals surface area contributed by atoms with E-state index in [0.29, 0.717) is 18.7 Å². The van der Waals surface area contributed by atoms with Crippen LogP contribution in [0.1, 0.15) is 31.7 Å². The van der Waals surface area contributed by atoms with E-state index in [0.717, 1.165) is 25.8 Å². The van der Waals surface area contributed by atoms with Gasteiger partial charge in [-0.05, 0) is 31.9 Å². The van der Waals surface area contributed by atoms with E-state index in [-0.39, 0.29) is 17.8 Å². The largest absolute Gasteiger partial charge is 0.494 e. The number of halogens is 2. The van der Waals surface area contributed by atoms with Crippen LogP contribution in [0.25, 0.3) is 0 Å². The van der Waals surface area contributed by atoms with E-state index in [4.69, 9.17) is 4.74 Å². The molecule has 1 aliphatic heterocycles. The van der Waals surface area contributed by atoms with Gasteiger partial charge in [-0.15, -0.1) is 0 Å². The fraction of sp³-hybridized carbons (Fsp3) is 0.625. The van der Waals surface area contributed by atoms with Crippen molar-refractivity contribution < 1.29 is 18.6 Å². The second-order valence-corrected chi connectivity index (χ2v) is 5.88. The highest BCUT2D eigenvalue weighted by atomic mass is 19.2. The lowest BCUT2D eigenvalue weighted by atomic mass is 9.78. The predicted molar refractivity (Wildman–Crippen MR) is 77.2 cm³/mol. The summed E-state index contributed by atoms with van der Waals surface area (Å²) in [5, 5.41) is 9.62. The van der Waals surface area contributed by atoms with E-state index >= 15 is 0 Å². The lowest BCUT2D eigenvalue weighted by molar-refractivity contribution is 0.0253. The third kappa shape index (κ3) is 3.35. The Morgan fingerprint density at radius 2 is 2.10 bits per heavy atom. The number of benzene rings is 1. The van der Waals surface area contributed by atoms with Crippen molar-refractivity contribution in [1.82, 2.24) is 4.90 Å². The van der Waals surface area contributed by atoms with Crippen LogP contribution in [0.4, 0.5) is 8.78 Å². The Hall–Kier alpha value is -1.20. The molecule has 1 aliphatic rings. The number of rotatable bonds is 5. The van der Waals surface area contributed by atoms with E-state index in [9.17, 15) is 13.9 Å². The first-order valence-corrected chi connectivity index (χ1v) is 7.39. The highest BCUT2D eigenvalue weighted by Gasteiger charge is 2.33. The van der Waals surface area contributed by atoms with Gasteiger partial charge in [-0.1, -0.05) is 13.0 Å². The first kappa shape index (κ1) is 16.2. The molecule has 1 fully saturated rings. The van der Waals surface area contributed by atoms with Crippen LogP contribution in [-0.2, 0) is 6.54 Å². The number of hydrogen-bond acceptors (Lipinski definition) is 3. The van der Waals surface area contributed by atoms with E-state index in [1.54, 1.807) is 6.07 Å². The van der Waals surface area contributed by atoms with Crippen molar-refractivity contribution in [3.05, 3.63) is 29.3 Å². The second-order valence-electron chi connectivity index (χ2n) is 5.88. The van der Waals surface area contributed by atoms with Crippen molar-refractivity contribution in [3.63, 3.8) is 0 Å². The summed E-state index contributed by atoms with van der Waals surface area (Å²) in [5.41, 5.74) is 0.220. The smallest absolute Gasteiger partial charge is 0.200 e. The molecule has 0 spiro atoms. The van der Waals surface area contributed by atoms with Gasteiger partial charge < -0.3 is 9.84 Å². The molecule has 0 bridgehead atoms. The van der Waals surface area contributed by atoms with Gasteiger partial charge in [0.2, 0.25) is 5.82 Å². The van der Waals surface area contributed by atoms with E-state index in [1.165, 1.54) is 13.2 Å². The maximum Gasteiger partial charge on any atom is 0.200 e. The van der Waals surface area contributed by atoms with Crippen LogP contribution in [0.5, 0.6) is 5.75 Å². The first-order valence-electron chi connectivity index (χ1n) is 7.39. The molecule has 1 aromatic rings. The predicted octanol–water partition coefficient (Wildman–Crippen LogP) is 2.96. The van der Waals surface area contributed by atoms with Crippen LogP contribution < -0.4 is 4.74 Å². The second kappa shape index (κ2) is 6.71. The summed E-state index contributed by atoms with van der Waals surface area (Å²) < 4.78 is 32.5. The molecular formula is C16H23F2NO2. The molecule has 0 amide bonds. The minimum Gasteiger partial charge on any atom is -0.494 e. The SMILES string of the molecule is CC[C@]1(CO)CCCN(Cc2ccc(OC)c(F)c2F)C1. The van der Waals surface area contributed by atoms with Gasteiger partial charge in [0.25, 0.3) is 0 Å². The maximum absolute atomic E-state index is 14.0. The number of methoxy groups -OCH3 is 1. The third-order valence-electron chi connectivity index (χ3n) is 4.57. The Morgan fingerprint density at radius 3 is 2.71 bits per heavy atom. The molecule has 118 valence electrons. The van der Waals surface area contributed by atoms with Gasteiger partial charge in [0.1, 0.15) is 0 Å². The zero-order valence-electron chi connectivity index (χ0n) is 12.7. The van der Waals surface area contributed by atoms with Crippen molar-refractivity contribution in [2.24, 2.45) is 5.41 Å². The highest BCUT2D eigenvalue weighted by molar-refractivity contribution is 5.31. The molecule has 1 heterocycles. The Bertz CT molecular complexity index is 489. The molecule has 1 atom stereocenters. The number of aliphatic hydroxyl groups is 1. The molecule has 0 unspecified atom stereocenters. The van der Waals surface area contributed by atoms with Crippen LogP contribution in [0.2, 0.25) is 0 Å². The Kier molecular flexibility index (Phi) is 5.17. The normalized spacial score (nSPS) is 23.3. The quantitative estimate of drug-likeness (QED) is 0.907. The Labute approximate surface area is 124 Å². The van der Waals surface area contributed by atoms with Gasteiger partial charge in [-0.2, -0.15) is 4.39 Å².